The van der Waals surface area contributed by atoms with Gasteiger partial charge in [0.25, 0.3) is 11.8 Å². The molecule has 0 radical (unpaired) electrons. The Morgan fingerprint density at radius 2 is 1.74 bits per heavy atom. The molecule has 0 atom stereocenters. The number of amides is 3. The number of rotatable bonds is 6. The zero-order chi connectivity index (χ0) is 24.1. The number of nitrogens with zero attached hydrogens (tertiary/aromatic N) is 1. The highest BCUT2D eigenvalue weighted by Gasteiger charge is 2.27. The summed E-state index contributed by atoms with van der Waals surface area (Å²) >= 11 is 0. The van der Waals surface area contributed by atoms with E-state index in [4.69, 9.17) is 4.74 Å². The number of nitrogens with one attached hydrogen (secondary N) is 2. The van der Waals surface area contributed by atoms with Gasteiger partial charge >= 0.3 is 5.97 Å². The summed E-state index contributed by atoms with van der Waals surface area (Å²) in [4.78, 5) is 50.3. The van der Waals surface area contributed by atoms with E-state index >= 15 is 0 Å². The highest BCUT2D eigenvalue weighted by molar-refractivity contribution is 6.15. The third-order valence-corrected chi connectivity index (χ3v) is 5.09. The number of hydrogen-bond donors (Lipinski definition) is 2. The number of fused-ring (bicyclic) bond motifs is 1. The van der Waals surface area contributed by atoms with E-state index in [1.807, 2.05) is 0 Å². The van der Waals surface area contributed by atoms with Gasteiger partial charge in [0.1, 0.15) is 12.3 Å². The van der Waals surface area contributed by atoms with Crippen molar-refractivity contribution in [1.82, 2.24) is 0 Å². The molecule has 3 amide bonds. The summed E-state index contributed by atoms with van der Waals surface area (Å²) in [6, 6.07) is 19.9. The molecule has 0 unspecified atom stereocenters. The molecule has 0 aliphatic carbocycles. The zero-order valence-corrected chi connectivity index (χ0v) is 18.2. The van der Waals surface area contributed by atoms with E-state index in [9.17, 15) is 19.2 Å². The van der Waals surface area contributed by atoms with E-state index in [0.29, 0.717) is 33.9 Å². The Morgan fingerprint density at radius 1 is 0.971 bits per heavy atom. The van der Waals surface area contributed by atoms with Crippen LogP contribution in [0.2, 0.25) is 0 Å². The highest BCUT2D eigenvalue weighted by atomic mass is 16.6. The van der Waals surface area contributed by atoms with Gasteiger partial charge in [0.05, 0.1) is 18.5 Å². The van der Waals surface area contributed by atoms with Gasteiger partial charge in [-0.2, -0.15) is 0 Å². The molecule has 0 fully saturated rings. The standard InChI is InChI=1S/C25H21N3O6/c1-33-23(30)15-34-19-6-4-5-17(13-19)24(31)26-18-11-9-16(10-12-18)25(32)28-14-22(29)27-20-7-2-3-8-21(20)28/h2-13H,14-15H2,1H3,(H,26,31)(H,27,29). The minimum atomic E-state index is -0.529. The third kappa shape index (κ3) is 5.04. The Kier molecular flexibility index (Phi) is 6.54. The van der Waals surface area contributed by atoms with Crippen LogP contribution in [-0.2, 0) is 14.3 Å². The molecule has 9 nitrogen and oxygen atoms in total. The number of carbonyl (C=O) groups excluding carboxylic acids is 4. The Hall–Kier alpha value is -4.66. The predicted molar refractivity (Wildman–Crippen MR) is 125 cm³/mol. The van der Waals surface area contributed by atoms with Crippen molar-refractivity contribution in [2.75, 3.05) is 35.8 Å². The quantitative estimate of drug-likeness (QED) is 0.548. The van der Waals surface area contributed by atoms with E-state index in [1.54, 1.807) is 66.7 Å². The molecule has 2 N–H and O–H groups in total. The first-order chi connectivity index (χ1) is 16.4. The van der Waals surface area contributed by atoms with Crippen molar-refractivity contribution in [2.45, 2.75) is 0 Å². The number of hydrogen-bond acceptors (Lipinski definition) is 6. The molecule has 3 aromatic carbocycles. The summed E-state index contributed by atoms with van der Waals surface area (Å²) < 4.78 is 9.83. The van der Waals surface area contributed by atoms with Crippen LogP contribution in [0.4, 0.5) is 17.1 Å². The summed E-state index contributed by atoms with van der Waals surface area (Å²) in [5.41, 5.74) is 2.39. The van der Waals surface area contributed by atoms with Crippen LogP contribution < -0.4 is 20.3 Å². The average Bonchev–Trinajstić information content (AvgIpc) is 2.87. The van der Waals surface area contributed by atoms with Crippen LogP contribution in [0.25, 0.3) is 0 Å². The van der Waals surface area contributed by atoms with Gasteiger partial charge in [-0.15, -0.1) is 0 Å². The molecule has 1 heterocycles. The smallest absolute Gasteiger partial charge is 0.343 e. The van der Waals surface area contributed by atoms with Crippen molar-refractivity contribution in [3.63, 3.8) is 0 Å². The number of anilines is 3. The molecule has 0 spiro atoms. The van der Waals surface area contributed by atoms with Crippen LogP contribution in [0.3, 0.4) is 0 Å². The van der Waals surface area contributed by atoms with Crippen LogP contribution >= 0.6 is 0 Å². The van der Waals surface area contributed by atoms with Crippen LogP contribution in [0.1, 0.15) is 20.7 Å². The normalized spacial score (nSPS) is 12.3. The first-order valence-corrected chi connectivity index (χ1v) is 10.4. The molecule has 0 saturated carbocycles. The van der Waals surface area contributed by atoms with E-state index in [-0.39, 0.29) is 30.9 Å². The number of methoxy groups -OCH3 is 1. The molecule has 4 rings (SSSR count). The van der Waals surface area contributed by atoms with E-state index in [0.717, 1.165) is 0 Å². The van der Waals surface area contributed by atoms with Gasteiger partial charge in [0.15, 0.2) is 6.61 Å². The Bertz CT molecular complexity index is 1260. The van der Waals surface area contributed by atoms with Crippen molar-refractivity contribution in [3.8, 4) is 5.75 Å². The summed E-state index contributed by atoms with van der Waals surface area (Å²) in [6.07, 6.45) is 0. The van der Waals surface area contributed by atoms with Gasteiger partial charge in [0.2, 0.25) is 5.91 Å². The Balaban J connectivity index is 1.43. The topological polar surface area (TPSA) is 114 Å². The Labute approximate surface area is 195 Å². The third-order valence-electron chi connectivity index (χ3n) is 5.09. The molecule has 0 aromatic heterocycles. The molecule has 34 heavy (non-hydrogen) atoms. The zero-order valence-electron chi connectivity index (χ0n) is 18.2. The van der Waals surface area contributed by atoms with Gasteiger partial charge in [-0.3, -0.25) is 19.3 Å². The van der Waals surface area contributed by atoms with Crippen LogP contribution in [0.15, 0.2) is 72.8 Å². The maximum Gasteiger partial charge on any atom is 0.343 e. The molecule has 1 aliphatic rings. The molecule has 9 heteroatoms. The lowest BCUT2D eigenvalue weighted by Crippen LogP contribution is -2.42. The molecule has 3 aromatic rings. The van der Waals surface area contributed by atoms with Gasteiger partial charge in [-0.25, -0.2) is 4.79 Å². The molecule has 0 bridgehead atoms. The SMILES string of the molecule is COC(=O)COc1cccc(C(=O)Nc2ccc(C(=O)N3CC(=O)Nc4ccccc43)cc2)c1. The average molecular weight is 459 g/mol. The van der Waals surface area contributed by atoms with Crippen LogP contribution in [-0.4, -0.2) is 44.0 Å². The highest BCUT2D eigenvalue weighted by Crippen LogP contribution is 2.30. The largest absolute Gasteiger partial charge is 0.482 e. The second-order valence-corrected chi connectivity index (χ2v) is 7.38. The second kappa shape index (κ2) is 9.86. The Morgan fingerprint density at radius 3 is 2.50 bits per heavy atom. The number of benzene rings is 3. The summed E-state index contributed by atoms with van der Waals surface area (Å²) in [7, 11) is 1.26. The number of ether oxygens (including phenoxy) is 2. The minimum absolute atomic E-state index is 0.0806. The van der Waals surface area contributed by atoms with Crippen molar-refractivity contribution < 1.29 is 28.7 Å². The van der Waals surface area contributed by atoms with Crippen LogP contribution in [0, 0.1) is 0 Å². The molecular formula is C25H21N3O6. The lowest BCUT2D eigenvalue weighted by Gasteiger charge is -2.29. The lowest BCUT2D eigenvalue weighted by molar-refractivity contribution is -0.142. The lowest BCUT2D eigenvalue weighted by atomic mass is 10.1. The summed E-state index contributed by atoms with van der Waals surface area (Å²) in [5.74, 6) is -1.16. The maximum absolute atomic E-state index is 13.0. The summed E-state index contributed by atoms with van der Waals surface area (Å²) in [5, 5.41) is 5.51. The number of para-hydroxylation sites is 2. The van der Waals surface area contributed by atoms with Gasteiger partial charge in [-0.05, 0) is 54.6 Å². The number of carbonyl (C=O) groups is 4. The minimum Gasteiger partial charge on any atom is -0.482 e. The van der Waals surface area contributed by atoms with Crippen LogP contribution in [0.5, 0.6) is 5.75 Å². The molecule has 0 saturated heterocycles. The predicted octanol–water partition coefficient (Wildman–Crippen LogP) is 3.09. The van der Waals surface area contributed by atoms with Crippen molar-refractivity contribution in [3.05, 3.63) is 83.9 Å². The van der Waals surface area contributed by atoms with E-state index < -0.39 is 5.97 Å². The fourth-order valence-electron chi connectivity index (χ4n) is 3.40. The van der Waals surface area contributed by atoms with Crippen molar-refractivity contribution in [2.24, 2.45) is 0 Å². The second-order valence-electron chi connectivity index (χ2n) is 7.38. The fraction of sp³-hybridized carbons (Fsp3) is 0.120. The monoisotopic (exact) mass is 459 g/mol. The first kappa shape index (κ1) is 22.5. The first-order valence-electron chi connectivity index (χ1n) is 10.4. The molecule has 1 aliphatic heterocycles. The summed E-state index contributed by atoms with van der Waals surface area (Å²) in [6.45, 7) is -0.344. The van der Waals surface area contributed by atoms with Crippen molar-refractivity contribution >= 4 is 40.8 Å². The maximum atomic E-state index is 13.0. The fourth-order valence-corrected chi connectivity index (χ4v) is 3.40. The molecular weight excluding hydrogens is 438 g/mol. The van der Waals surface area contributed by atoms with Crippen molar-refractivity contribution in [1.29, 1.82) is 0 Å². The van der Waals surface area contributed by atoms with E-state index in [2.05, 4.69) is 15.4 Å². The molecule has 172 valence electrons. The van der Waals surface area contributed by atoms with Gasteiger partial charge in [0, 0.05) is 16.8 Å². The number of esters is 1. The van der Waals surface area contributed by atoms with E-state index in [1.165, 1.54) is 18.1 Å². The van der Waals surface area contributed by atoms with Gasteiger partial charge in [-0.1, -0.05) is 18.2 Å². The van der Waals surface area contributed by atoms with Gasteiger partial charge < -0.3 is 20.1 Å².